The van der Waals surface area contributed by atoms with E-state index in [1.165, 1.54) is 0 Å². The first-order valence-electron chi connectivity index (χ1n) is 8.26. The summed E-state index contributed by atoms with van der Waals surface area (Å²) in [5.41, 5.74) is 0. The number of nitrogens with zero attached hydrogens (tertiary/aromatic N) is 3. The Bertz CT molecular complexity index is 879. The molecule has 5 nitrogen and oxygen atoms in total. The molecule has 0 radical (unpaired) electrons. The quantitative estimate of drug-likeness (QED) is 0.702. The first-order chi connectivity index (χ1) is 12.2. The number of aromatic nitrogens is 2. The number of piperazine rings is 1. The van der Waals surface area contributed by atoms with E-state index in [4.69, 9.17) is 16.1 Å². The maximum absolute atomic E-state index is 6.39. The summed E-state index contributed by atoms with van der Waals surface area (Å²) in [6.45, 7) is 2.83. The van der Waals surface area contributed by atoms with E-state index in [0.717, 1.165) is 46.1 Å². The number of nitrogens with one attached hydrogen (secondary N) is 1. The highest BCUT2D eigenvalue weighted by atomic mass is 35.5. The van der Waals surface area contributed by atoms with Gasteiger partial charge in [0.25, 0.3) is 0 Å². The molecule has 2 aromatic carbocycles. The number of benzene rings is 2. The van der Waals surface area contributed by atoms with Crippen molar-refractivity contribution < 1.29 is 4.52 Å². The molecule has 1 aromatic heterocycles. The highest BCUT2D eigenvalue weighted by molar-refractivity contribution is 7.98. The smallest absolute Gasteiger partial charge is 0.237 e. The molecule has 0 bridgehead atoms. The molecule has 1 fully saturated rings. The number of thioether (sulfide) groups is 1. The van der Waals surface area contributed by atoms with Gasteiger partial charge >= 0.3 is 0 Å². The highest BCUT2D eigenvalue weighted by Gasteiger charge is 2.25. The van der Waals surface area contributed by atoms with E-state index >= 15 is 0 Å². The maximum Gasteiger partial charge on any atom is 0.237 e. The van der Waals surface area contributed by atoms with Crippen LogP contribution < -0.4 is 5.32 Å². The Kier molecular flexibility index (Phi) is 4.94. The lowest BCUT2D eigenvalue weighted by Crippen LogP contribution is -2.44. The molecule has 1 aliphatic rings. The fourth-order valence-electron chi connectivity index (χ4n) is 3.08. The van der Waals surface area contributed by atoms with Gasteiger partial charge in [-0.05, 0) is 24.6 Å². The summed E-state index contributed by atoms with van der Waals surface area (Å²) in [6.07, 6.45) is 0. The third-order valence-electron chi connectivity index (χ3n) is 4.46. The van der Waals surface area contributed by atoms with Gasteiger partial charge < -0.3 is 9.84 Å². The minimum absolute atomic E-state index is 0.170. The number of hydrogen-bond acceptors (Lipinski definition) is 6. The molecule has 1 saturated heterocycles. The van der Waals surface area contributed by atoms with Crippen molar-refractivity contribution in [1.82, 2.24) is 20.4 Å². The highest BCUT2D eigenvalue weighted by Crippen LogP contribution is 2.34. The number of rotatable bonds is 4. The number of fused-ring (bicyclic) bond motifs is 1. The molecule has 3 aromatic rings. The summed E-state index contributed by atoms with van der Waals surface area (Å²) in [4.78, 5) is 7.97. The molecular formula is C18H19ClN4OS. The Hall–Kier alpha value is -1.60. The lowest BCUT2D eigenvalue weighted by atomic mass is 10.1. The summed E-state index contributed by atoms with van der Waals surface area (Å²) in [5, 5.41) is 10.5. The molecule has 0 spiro atoms. The van der Waals surface area contributed by atoms with Crippen LogP contribution in [0.2, 0.25) is 5.02 Å². The molecule has 0 amide bonds. The Balaban J connectivity index is 1.51. The van der Waals surface area contributed by atoms with Crippen molar-refractivity contribution in [1.29, 1.82) is 0 Å². The summed E-state index contributed by atoms with van der Waals surface area (Å²) in [7, 11) is 2.09. The first kappa shape index (κ1) is 16.8. The van der Waals surface area contributed by atoms with Crippen LogP contribution in [0, 0.1) is 0 Å². The lowest BCUT2D eigenvalue weighted by molar-refractivity contribution is 0.190. The monoisotopic (exact) mass is 374 g/mol. The van der Waals surface area contributed by atoms with E-state index in [9.17, 15) is 0 Å². The van der Waals surface area contributed by atoms with Crippen molar-refractivity contribution in [3.63, 3.8) is 0 Å². The van der Waals surface area contributed by atoms with E-state index in [0.29, 0.717) is 11.6 Å². The Labute approximate surface area is 155 Å². The van der Waals surface area contributed by atoms with Crippen LogP contribution in [0.15, 0.2) is 45.8 Å². The zero-order chi connectivity index (χ0) is 17.2. The van der Waals surface area contributed by atoms with Crippen molar-refractivity contribution in [2.75, 3.05) is 26.7 Å². The summed E-state index contributed by atoms with van der Waals surface area (Å²) in [6, 6.07) is 12.3. The second-order valence-electron chi connectivity index (χ2n) is 6.13. The molecule has 0 saturated carbocycles. The summed E-state index contributed by atoms with van der Waals surface area (Å²) >= 11 is 8.06. The predicted molar refractivity (Wildman–Crippen MR) is 101 cm³/mol. The topological polar surface area (TPSA) is 54.2 Å². The Morgan fingerprint density at radius 3 is 3.00 bits per heavy atom. The van der Waals surface area contributed by atoms with Crippen LogP contribution in [0.25, 0.3) is 10.8 Å². The van der Waals surface area contributed by atoms with Crippen LogP contribution in [-0.4, -0.2) is 41.7 Å². The molecule has 130 valence electrons. The summed E-state index contributed by atoms with van der Waals surface area (Å²) < 4.78 is 5.46. The van der Waals surface area contributed by atoms with Crippen LogP contribution in [0.1, 0.15) is 17.8 Å². The van der Waals surface area contributed by atoms with Gasteiger partial charge in [0.15, 0.2) is 5.82 Å². The lowest BCUT2D eigenvalue weighted by Gasteiger charge is -2.30. The predicted octanol–water partition coefficient (Wildman–Crippen LogP) is 3.74. The van der Waals surface area contributed by atoms with Crippen molar-refractivity contribution in [2.45, 2.75) is 16.7 Å². The average Bonchev–Trinajstić information content (AvgIpc) is 3.09. The van der Waals surface area contributed by atoms with E-state index < -0.39 is 0 Å². The molecular weight excluding hydrogens is 356 g/mol. The number of likely N-dealkylation sites (N-methyl/N-ethyl adjacent to an activating group) is 1. The van der Waals surface area contributed by atoms with Crippen molar-refractivity contribution in [3.8, 4) is 0 Å². The SMILES string of the molecule is CN1CCNCC1c1noc(CSc2cccc3cccc(Cl)c23)n1. The molecule has 4 rings (SSSR count). The van der Waals surface area contributed by atoms with E-state index in [2.05, 4.69) is 45.6 Å². The third-order valence-corrected chi connectivity index (χ3v) is 5.82. The van der Waals surface area contributed by atoms with Crippen LogP contribution in [0.3, 0.4) is 0 Å². The molecule has 2 heterocycles. The van der Waals surface area contributed by atoms with Crippen molar-refractivity contribution in [3.05, 3.63) is 53.1 Å². The zero-order valence-electron chi connectivity index (χ0n) is 13.9. The van der Waals surface area contributed by atoms with Crippen LogP contribution in [0.4, 0.5) is 0 Å². The van der Waals surface area contributed by atoms with E-state index in [1.807, 2.05) is 18.2 Å². The van der Waals surface area contributed by atoms with Gasteiger partial charge in [-0.2, -0.15) is 4.98 Å². The largest absolute Gasteiger partial charge is 0.338 e. The number of halogens is 1. The van der Waals surface area contributed by atoms with Gasteiger partial charge in [0.2, 0.25) is 5.89 Å². The van der Waals surface area contributed by atoms with Gasteiger partial charge in [0.1, 0.15) is 0 Å². The minimum atomic E-state index is 0.170. The van der Waals surface area contributed by atoms with E-state index in [1.54, 1.807) is 11.8 Å². The summed E-state index contributed by atoms with van der Waals surface area (Å²) in [5.74, 6) is 2.02. The van der Waals surface area contributed by atoms with Crippen molar-refractivity contribution >= 4 is 34.1 Å². The molecule has 0 aliphatic carbocycles. The zero-order valence-corrected chi connectivity index (χ0v) is 15.5. The normalized spacial score (nSPS) is 18.7. The van der Waals surface area contributed by atoms with Gasteiger partial charge in [0.05, 0.1) is 11.8 Å². The number of hydrogen-bond donors (Lipinski definition) is 1. The fraction of sp³-hybridized carbons (Fsp3) is 0.333. The molecule has 1 N–H and O–H groups in total. The second kappa shape index (κ2) is 7.33. The van der Waals surface area contributed by atoms with Crippen molar-refractivity contribution in [2.24, 2.45) is 0 Å². The second-order valence-corrected chi connectivity index (χ2v) is 7.55. The molecule has 1 atom stereocenters. The van der Waals surface area contributed by atoms with Gasteiger partial charge in [-0.1, -0.05) is 41.0 Å². The van der Waals surface area contributed by atoms with Crippen LogP contribution in [-0.2, 0) is 5.75 Å². The molecule has 25 heavy (non-hydrogen) atoms. The third kappa shape index (κ3) is 3.53. The standard InChI is InChI=1S/C18H19ClN4OS/c1-23-9-8-20-10-14(23)18-21-16(24-22-18)11-25-15-7-3-5-12-4-2-6-13(19)17(12)15/h2-7,14,20H,8-11H2,1H3. The average molecular weight is 375 g/mol. The Morgan fingerprint density at radius 2 is 2.16 bits per heavy atom. The van der Waals surface area contributed by atoms with Gasteiger partial charge in [-0.15, -0.1) is 11.8 Å². The van der Waals surface area contributed by atoms with Gasteiger partial charge in [-0.25, -0.2) is 0 Å². The maximum atomic E-state index is 6.39. The fourth-order valence-corrected chi connectivity index (χ4v) is 4.36. The molecule has 1 unspecified atom stereocenters. The van der Waals surface area contributed by atoms with Crippen LogP contribution >= 0.6 is 23.4 Å². The molecule has 7 heteroatoms. The van der Waals surface area contributed by atoms with E-state index in [-0.39, 0.29) is 6.04 Å². The molecule has 1 aliphatic heterocycles. The first-order valence-corrected chi connectivity index (χ1v) is 9.62. The van der Waals surface area contributed by atoms with Crippen LogP contribution in [0.5, 0.6) is 0 Å². The van der Waals surface area contributed by atoms with Gasteiger partial charge in [0, 0.05) is 34.9 Å². The minimum Gasteiger partial charge on any atom is -0.338 e. The van der Waals surface area contributed by atoms with Gasteiger partial charge in [-0.3, -0.25) is 4.90 Å². The Morgan fingerprint density at radius 1 is 1.32 bits per heavy atom.